The van der Waals surface area contributed by atoms with Crippen molar-refractivity contribution >= 4 is 11.9 Å². The van der Waals surface area contributed by atoms with Gasteiger partial charge in [-0.05, 0) is 64.2 Å². The highest BCUT2D eigenvalue weighted by Crippen LogP contribution is 2.23. The number of hydrogen-bond donors (Lipinski definition) is 6. The maximum absolute atomic E-state index is 13.0. The normalized spacial score (nSPS) is 19.3. The predicted molar refractivity (Wildman–Crippen MR) is 297 cm³/mol. The Morgan fingerprint density at radius 2 is 0.944 bits per heavy atom. The standard InChI is InChI=1S/C61H111NO10/c1-3-5-7-9-11-13-14-15-26-29-33-37-41-45-49-57(66)70-50-46-42-38-34-30-27-24-22-20-18-16-17-19-21-23-25-28-32-36-40-44-48-56(65)62-53(54(64)47-43-39-35-31-12-10-8-6-4-2)52-71-61-60(69)59(68)58(67)55(51-63)72-61/h12,27,30-31,38,42-43,47,53-55,58-61,63-64,67-69H,3-11,13-26,28-29,32-37,39-41,44-46,48-52H2,1-2H3,(H,62,65)/b30-27-,31-12+,42-38-,47-43+. The molecule has 1 rings (SSSR count). The summed E-state index contributed by atoms with van der Waals surface area (Å²) in [5, 5.41) is 54.1. The first-order valence-electron chi connectivity index (χ1n) is 29.9. The lowest BCUT2D eigenvalue weighted by atomic mass is 9.99. The summed E-state index contributed by atoms with van der Waals surface area (Å²) >= 11 is 0. The number of unbranched alkanes of at least 4 members (excludes halogenated alkanes) is 31. The molecule has 1 aliphatic heterocycles. The number of hydrogen-bond acceptors (Lipinski definition) is 10. The Bertz CT molecular complexity index is 1340. The molecule has 7 unspecified atom stereocenters. The fourth-order valence-electron chi connectivity index (χ4n) is 9.17. The van der Waals surface area contributed by atoms with Crippen LogP contribution in [0, 0.1) is 0 Å². The van der Waals surface area contributed by atoms with Crippen LogP contribution in [-0.2, 0) is 23.8 Å². The Balaban J connectivity index is 2.04. The molecular formula is C61H111NO10. The smallest absolute Gasteiger partial charge is 0.305 e. The van der Waals surface area contributed by atoms with Crippen molar-refractivity contribution in [2.75, 3.05) is 19.8 Å². The van der Waals surface area contributed by atoms with E-state index in [-0.39, 0.29) is 18.5 Å². The number of ether oxygens (including phenoxy) is 3. The molecule has 6 N–H and O–H groups in total. The van der Waals surface area contributed by atoms with Crippen LogP contribution in [0.25, 0.3) is 0 Å². The third-order valence-electron chi connectivity index (χ3n) is 13.9. The van der Waals surface area contributed by atoms with Crippen LogP contribution in [-0.4, -0.2) is 100 Å². The lowest BCUT2D eigenvalue weighted by Crippen LogP contribution is -2.60. The number of nitrogens with one attached hydrogen (secondary N) is 1. The van der Waals surface area contributed by atoms with Gasteiger partial charge in [-0.25, -0.2) is 0 Å². The molecule has 1 saturated heterocycles. The predicted octanol–water partition coefficient (Wildman–Crippen LogP) is 13.7. The van der Waals surface area contributed by atoms with Gasteiger partial charge in [0.2, 0.25) is 5.91 Å². The zero-order valence-electron chi connectivity index (χ0n) is 46.1. The van der Waals surface area contributed by atoms with E-state index < -0.39 is 49.5 Å². The second-order valence-corrected chi connectivity index (χ2v) is 20.7. The van der Waals surface area contributed by atoms with Crippen LogP contribution in [0.1, 0.15) is 264 Å². The topological polar surface area (TPSA) is 175 Å². The fraction of sp³-hybridized carbons (Fsp3) is 0.836. The summed E-state index contributed by atoms with van der Waals surface area (Å²) in [4.78, 5) is 25.0. The molecule has 0 bridgehead atoms. The van der Waals surface area contributed by atoms with Crippen molar-refractivity contribution in [2.45, 2.75) is 307 Å². The van der Waals surface area contributed by atoms with Gasteiger partial charge in [-0.15, -0.1) is 0 Å². The van der Waals surface area contributed by atoms with Crippen LogP contribution >= 0.6 is 0 Å². The van der Waals surface area contributed by atoms with E-state index in [9.17, 15) is 35.1 Å². The van der Waals surface area contributed by atoms with E-state index in [1.165, 1.54) is 161 Å². The minimum atomic E-state index is -1.58. The van der Waals surface area contributed by atoms with Crippen LogP contribution < -0.4 is 5.32 Å². The molecule has 0 aromatic carbocycles. The van der Waals surface area contributed by atoms with Gasteiger partial charge in [0.25, 0.3) is 0 Å². The summed E-state index contributed by atoms with van der Waals surface area (Å²) in [6, 6.07) is -0.830. The number of allylic oxidation sites excluding steroid dienone is 6. The van der Waals surface area contributed by atoms with Crippen LogP contribution in [0.4, 0.5) is 0 Å². The third kappa shape index (κ3) is 40.0. The quantitative estimate of drug-likeness (QED) is 0.0195. The molecule has 7 atom stereocenters. The summed E-state index contributed by atoms with van der Waals surface area (Å²) < 4.78 is 16.6. The molecule has 0 aliphatic carbocycles. The van der Waals surface area contributed by atoms with Crippen LogP contribution in [0.2, 0.25) is 0 Å². The summed E-state index contributed by atoms with van der Waals surface area (Å²) in [5.74, 6) is -0.247. The van der Waals surface area contributed by atoms with Crippen molar-refractivity contribution in [3.63, 3.8) is 0 Å². The van der Waals surface area contributed by atoms with Crippen molar-refractivity contribution in [3.05, 3.63) is 48.6 Å². The highest BCUT2D eigenvalue weighted by Gasteiger charge is 2.44. The van der Waals surface area contributed by atoms with E-state index in [1.807, 2.05) is 6.08 Å². The lowest BCUT2D eigenvalue weighted by molar-refractivity contribution is -0.302. The second kappa shape index (κ2) is 50.8. The SMILES string of the molecule is CCCCC/C=C/CC/C=C/C(O)C(COC1OC(CO)C(O)C(O)C1O)NC(=O)CCCCCCCCCCCCCCCC/C=C\C/C=C\CCOC(=O)CCCCCCCCCCCCCCCC. The highest BCUT2D eigenvalue weighted by atomic mass is 16.7. The lowest BCUT2D eigenvalue weighted by Gasteiger charge is -2.40. The molecule has 0 aromatic heterocycles. The average Bonchev–Trinajstić information content (AvgIpc) is 3.38. The monoisotopic (exact) mass is 1020 g/mol. The number of carbonyl (C=O) groups excluding carboxylic acids is 2. The molecule has 0 saturated carbocycles. The van der Waals surface area contributed by atoms with E-state index in [0.717, 1.165) is 77.0 Å². The first-order valence-corrected chi connectivity index (χ1v) is 29.9. The third-order valence-corrected chi connectivity index (χ3v) is 13.9. The Hall–Kier alpha value is -2.38. The summed E-state index contributed by atoms with van der Waals surface area (Å²) in [6.45, 7) is 4.16. The van der Waals surface area contributed by atoms with Crippen LogP contribution in [0.15, 0.2) is 48.6 Å². The molecule has 11 heteroatoms. The average molecular weight is 1020 g/mol. The Morgan fingerprint density at radius 1 is 0.514 bits per heavy atom. The van der Waals surface area contributed by atoms with E-state index in [4.69, 9.17) is 14.2 Å². The van der Waals surface area contributed by atoms with Gasteiger partial charge in [-0.3, -0.25) is 9.59 Å². The van der Waals surface area contributed by atoms with E-state index >= 15 is 0 Å². The number of aliphatic hydroxyl groups is 5. The molecule has 1 heterocycles. The molecule has 420 valence electrons. The van der Waals surface area contributed by atoms with Crippen molar-refractivity contribution in [2.24, 2.45) is 0 Å². The van der Waals surface area contributed by atoms with Crippen molar-refractivity contribution < 1.29 is 49.3 Å². The molecule has 1 aliphatic rings. The number of esters is 1. The molecule has 0 aromatic rings. The van der Waals surface area contributed by atoms with Crippen molar-refractivity contribution in [1.29, 1.82) is 0 Å². The Morgan fingerprint density at radius 3 is 1.49 bits per heavy atom. The van der Waals surface area contributed by atoms with Gasteiger partial charge in [0, 0.05) is 12.8 Å². The molecule has 72 heavy (non-hydrogen) atoms. The molecule has 0 radical (unpaired) electrons. The summed E-state index contributed by atoms with van der Waals surface area (Å²) in [6.07, 6.45) is 53.8. The molecule has 0 spiro atoms. The Kier molecular flexibility index (Phi) is 47.7. The largest absolute Gasteiger partial charge is 0.465 e. The first kappa shape index (κ1) is 67.6. The summed E-state index contributed by atoms with van der Waals surface area (Å²) in [5.41, 5.74) is 0. The number of amides is 1. The second-order valence-electron chi connectivity index (χ2n) is 20.7. The van der Waals surface area contributed by atoms with Crippen molar-refractivity contribution in [1.82, 2.24) is 5.32 Å². The van der Waals surface area contributed by atoms with Crippen LogP contribution in [0.3, 0.4) is 0 Å². The fourth-order valence-corrected chi connectivity index (χ4v) is 9.17. The number of rotatable bonds is 51. The van der Waals surface area contributed by atoms with Crippen LogP contribution in [0.5, 0.6) is 0 Å². The molecule has 1 fully saturated rings. The van der Waals surface area contributed by atoms with Gasteiger partial charge >= 0.3 is 5.97 Å². The first-order chi connectivity index (χ1) is 35.2. The van der Waals surface area contributed by atoms with Crippen molar-refractivity contribution in [3.8, 4) is 0 Å². The van der Waals surface area contributed by atoms with Gasteiger partial charge < -0.3 is 45.1 Å². The molecule has 11 nitrogen and oxygen atoms in total. The zero-order chi connectivity index (χ0) is 52.4. The summed E-state index contributed by atoms with van der Waals surface area (Å²) in [7, 11) is 0. The number of carbonyl (C=O) groups is 2. The molecule has 1 amide bonds. The van der Waals surface area contributed by atoms with Gasteiger partial charge in [0.15, 0.2) is 6.29 Å². The van der Waals surface area contributed by atoms with E-state index in [0.29, 0.717) is 19.4 Å². The highest BCUT2D eigenvalue weighted by molar-refractivity contribution is 5.76. The van der Waals surface area contributed by atoms with Gasteiger partial charge in [-0.1, -0.05) is 236 Å². The van der Waals surface area contributed by atoms with Gasteiger partial charge in [0.1, 0.15) is 24.4 Å². The van der Waals surface area contributed by atoms with Gasteiger partial charge in [-0.2, -0.15) is 0 Å². The Labute approximate surface area is 440 Å². The van der Waals surface area contributed by atoms with Gasteiger partial charge in [0.05, 0.1) is 32.0 Å². The minimum Gasteiger partial charge on any atom is -0.465 e. The maximum atomic E-state index is 13.0. The number of aliphatic hydroxyl groups excluding tert-OH is 5. The van der Waals surface area contributed by atoms with E-state index in [1.54, 1.807) is 6.08 Å². The minimum absolute atomic E-state index is 0.0472. The van der Waals surface area contributed by atoms with E-state index in [2.05, 4.69) is 55.6 Å². The maximum Gasteiger partial charge on any atom is 0.305 e. The molecular weight excluding hydrogens is 907 g/mol. The zero-order valence-corrected chi connectivity index (χ0v) is 46.1.